The van der Waals surface area contributed by atoms with Crippen LogP contribution in [0.3, 0.4) is 0 Å². The molecule has 7 nitrogen and oxygen atoms in total. The van der Waals surface area contributed by atoms with Gasteiger partial charge < -0.3 is 24.7 Å². The molecular weight excluding hydrogens is 468 g/mol. The summed E-state index contributed by atoms with van der Waals surface area (Å²) in [5.74, 6) is 0.407. The SMILES string of the molecule is CN1CC2(CCN(C(=O)Cc3ccccc3Cl)CC2)C[C@@H](O)[C@@H](O)Cc2ccccc2OCC1=O. The molecule has 1 spiro atoms. The Morgan fingerprint density at radius 1 is 1.09 bits per heavy atom. The van der Waals surface area contributed by atoms with Crippen LogP contribution in [0.2, 0.25) is 5.02 Å². The smallest absolute Gasteiger partial charge is 0.260 e. The van der Waals surface area contributed by atoms with Crippen LogP contribution in [-0.4, -0.2) is 77.3 Å². The molecule has 2 N–H and O–H groups in total. The molecule has 0 aromatic heterocycles. The molecule has 1 fully saturated rings. The van der Waals surface area contributed by atoms with Crippen molar-refractivity contribution in [3.63, 3.8) is 0 Å². The van der Waals surface area contributed by atoms with Crippen LogP contribution in [0.1, 0.15) is 30.4 Å². The number of fused-ring (bicyclic) bond motifs is 1. The number of likely N-dealkylation sites (N-methyl/N-ethyl adjacent to an activating group) is 1. The van der Waals surface area contributed by atoms with Gasteiger partial charge in [0, 0.05) is 38.1 Å². The maximum Gasteiger partial charge on any atom is 0.260 e. The second-order valence-electron chi connectivity index (χ2n) is 9.84. The average molecular weight is 501 g/mol. The summed E-state index contributed by atoms with van der Waals surface area (Å²) in [6.07, 6.45) is 0.151. The van der Waals surface area contributed by atoms with E-state index in [1.54, 1.807) is 24.1 Å². The summed E-state index contributed by atoms with van der Waals surface area (Å²) in [7, 11) is 1.74. The summed E-state index contributed by atoms with van der Waals surface area (Å²) < 4.78 is 5.77. The Labute approximate surface area is 211 Å². The number of hydrogen-bond donors (Lipinski definition) is 2. The molecule has 0 bridgehead atoms. The van der Waals surface area contributed by atoms with Gasteiger partial charge in [-0.2, -0.15) is 0 Å². The molecule has 2 aromatic carbocycles. The number of carbonyl (C=O) groups excluding carboxylic acids is 2. The molecule has 4 rings (SSSR count). The zero-order chi connectivity index (χ0) is 25.0. The third-order valence-electron chi connectivity index (χ3n) is 7.31. The summed E-state index contributed by atoms with van der Waals surface area (Å²) >= 11 is 6.23. The van der Waals surface area contributed by atoms with E-state index in [4.69, 9.17) is 16.3 Å². The lowest BCUT2D eigenvalue weighted by Gasteiger charge is -2.45. The molecule has 1 saturated heterocycles. The van der Waals surface area contributed by atoms with Crippen molar-refractivity contribution >= 4 is 23.4 Å². The molecule has 188 valence electrons. The predicted molar refractivity (Wildman–Crippen MR) is 133 cm³/mol. The number of hydrogen-bond acceptors (Lipinski definition) is 5. The van der Waals surface area contributed by atoms with Crippen LogP contribution >= 0.6 is 11.6 Å². The molecule has 8 heteroatoms. The highest BCUT2D eigenvalue weighted by Gasteiger charge is 2.41. The van der Waals surface area contributed by atoms with Crippen molar-refractivity contribution in [2.45, 2.75) is 44.3 Å². The largest absolute Gasteiger partial charge is 0.483 e. The molecule has 2 aliphatic heterocycles. The van der Waals surface area contributed by atoms with Gasteiger partial charge in [0.15, 0.2) is 6.61 Å². The second-order valence-corrected chi connectivity index (χ2v) is 10.2. The van der Waals surface area contributed by atoms with Gasteiger partial charge in [0.25, 0.3) is 5.91 Å². The van der Waals surface area contributed by atoms with Crippen molar-refractivity contribution in [3.8, 4) is 5.75 Å². The van der Waals surface area contributed by atoms with Gasteiger partial charge in [0.2, 0.25) is 5.91 Å². The van der Waals surface area contributed by atoms with Gasteiger partial charge >= 0.3 is 0 Å². The Hall–Kier alpha value is -2.61. The summed E-state index contributed by atoms with van der Waals surface area (Å²) in [6.45, 7) is 1.37. The lowest BCUT2D eigenvalue weighted by molar-refractivity contribution is -0.138. The van der Waals surface area contributed by atoms with E-state index in [1.165, 1.54) is 0 Å². The number of benzene rings is 2. The third kappa shape index (κ3) is 6.15. The fourth-order valence-electron chi connectivity index (χ4n) is 5.17. The predicted octanol–water partition coefficient (Wildman–Crippen LogP) is 2.70. The molecule has 0 saturated carbocycles. The maximum absolute atomic E-state index is 12.9. The molecule has 2 amide bonds. The van der Waals surface area contributed by atoms with Crippen molar-refractivity contribution in [3.05, 3.63) is 64.7 Å². The first-order valence-electron chi connectivity index (χ1n) is 12.1. The van der Waals surface area contributed by atoms with E-state index < -0.39 is 17.6 Å². The van der Waals surface area contributed by atoms with Crippen LogP contribution in [0, 0.1) is 5.41 Å². The minimum atomic E-state index is -0.962. The Bertz CT molecular complexity index is 1050. The first-order chi connectivity index (χ1) is 16.8. The molecule has 0 unspecified atom stereocenters. The topological polar surface area (TPSA) is 90.3 Å². The van der Waals surface area contributed by atoms with Crippen LogP contribution < -0.4 is 4.74 Å². The second kappa shape index (κ2) is 11.0. The third-order valence-corrected chi connectivity index (χ3v) is 7.68. The van der Waals surface area contributed by atoms with Gasteiger partial charge in [-0.25, -0.2) is 0 Å². The van der Waals surface area contributed by atoms with E-state index in [0.717, 1.165) is 11.1 Å². The van der Waals surface area contributed by atoms with Crippen LogP contribution in [0.4, 0.5) is 0 Å². The zero-order valence-electron chi connectivity index (χ0n) is 20.0. The van der Waals surface area contributed by atoms with Crippen LogP contribution in [0.25, 0.3) is 0 Å². The standard InChI is InChI=1S/C27H33ClN2O5/c1-29-18-27(10-12-30(13-11-27)25(33)15-19-6-2-4-8-21(19)28)16-23(32)22(31)14-20-7-3-5-9-24(20)35-17-26(29)34/h2-9,22-23,31-32H,10-18H2,1H3/t22-,23+/m0/s1. The van der Waals surface area contributed by atoms with E-state index in [0.29, 0.717) is 49.7 Å². The van der Waals surface area contributed by atoms with Gasteiger partial charge in [-0.3, -0.25) is 9.59 Å². The number of aliphatic hydroxyl groups excluding tert-OH is 2. The van der Waals surface area contributed by atoms with E-state index in [9.17, 15) is 19.8 Å². The molecule has 2 aromatic rings. The Balaban J connectivity index is 1.48. The first kappa shape index (κ1) is 25.5. The van der Waals surface area contributed by atoms with Gasteiger partial charge in [-0.05, 0) is 47.9 Å². The highest BCUT2D eigenvalue weighted by Crippen LogP contribution is 2.38. The fourth-order valence-corrected chi connectivity index (χ4v) is 5.37. The Kier molecular flexibility index (Phi) is 7.99. The minimum Gasteiger partial charge on any atom is -0.483 e. The molecular formula is C27H33ClN2O5. The summed E-state index contributed by atoms with van der Waals surface area (Å²) in [6, 6.07) is 14.6. The van der Waals surface area contributed by atoms with E-state index in [1.807, 2.05) is 41.3 Å². The highest BCUT2D eigenvalue weighted by atomic mass is 35.5. The number of likely N-dealkylation sites (tertiary alicyclic amines) is 1. The lowest BCUT2D eigenvalue weighted by atomic mass is 9.72. The van der Waals surface area contributed by atoms with Crippen molar-refractivity contribution in [1.82, 2.24) is 9.80 Å². The number of halogens is 1. The van der Waals surface area contributed by atoms with E-state index in [2.05, 4.69) is 0 Å². The van der Waals surface area contributed by atoms with Crippen molar-refractivity contribution in [1.29, 1.82) is 0 Å². The number of ether oxygens (including phenoxy) is 1. The number of para-hydroxylation sites is 1. The van der Waals surface area contributed by atoms with Crippen LogP contribution in [-0.2, 0) is 22.4 Å². The zero-order valence-corrected chi connectivity index (χ0v) is 20.8. The van der Waals surface area contributed by atoms with Gasteiger partial charge in [-0.15, -0.1) is 0 Å². The normalized spacial score (nSPS) is 23.1. The number of aliphatic hydroxyl groups is 2. The summed E-state index contributed by atoms with van der Waals surface area (Å²) in [5, 5.41) is 22.4. The maximum atomic E-state index is 12.9. The van der Waals surface area contributed by atoms with Gasteiger partial charge in [-0.1, -0.05) is 48.0 Å². The fraction of sp³-hybridized carbons (Fsp3) is 0.481. The number of carbonyl (C=O) groups is 2. The first-order valence-corrected chi connectivity index (χ1v) is 12.5. The minimum absolute atomic E-state index is 0.0103. The van der Waals surface area contributed by atoms with Crippen molar-refractivity contribution in [2.75, 3.05) is 33.3 Å². The molecule has 35 heavy (non-hydrogen) atoms. The van der Waals surface area contributed by atoms with E-state index >= 15 is 0 Å². The number of nitrogens with zero attached hydrogens (tertiary/aromatic N) is 2. The number of piperidine rings is 1. The highest BCUT2D eigenvalue weighted by molar-refractivity contribution is 6.31. The van der Waals surface area contributed by atoms with Gasteiger partial charge in [0.1, 0.15) is 5.75 Å². The number of rotatable bonds is 2. The Morgan fingerprint density at radius 2 is 1.77 bits per heavy atom. The average Bonchev–Trinajstić information content (AvgIpc) is 2.84. The monoisotopic (exact) mass is 500 g/mol. The van der Waals surface area contributed by atoms with Gasteiger partial charge in [0.05, 0.1) is 18.6 Å². The molecule has 0 aliphatic carbocycles. The summed E-state index contributed by atoms with van der Waals surface area (Å²) in [4.78, 5) is 29.2. The van der Waals surface area contributed by atoms with Crippen LogP contribution in [0.15, 0.2) is 48.5 Å². The number of amides is 2. The quantitative estimate of drug-likeness (QED) is 0.661. The van der Waals surface area contributed by atoms with Crippen molar-refractivity contribution < 1.29 is 24.5 Å². The summed E-state index contributed by atoms with van der Waals surface area (Å²) in [5.41, 5.74) is 1.14. The molecule has 0 radical (unpaired) electrons. The molecule has 2 atom stereocenters. The Morgan fingerprint density at radius 3 is 2.51 bits per heavy atom. The van der Waals surface area contributed by atoms with E-state index in [-0.39, 0.29) is 31.3 Å². The molecule has 2 aliphatic rings. The lowest BCUT2D eigenvalue weighted by Crippen LogP contribution is -2.51. The molecule has 2 heterocycles. The van der Waals surface area contributed by atoms with Crippen molar-refractivity contribution in [2.24, 2.45) is 5.41 Å². The van der Waals surface area contributed by atoms with Crippen LogP contribution in [0.5, 0.6) is 5.75 Å².